The van der Waals surface area contributed by atoms with Gasteiger partial charge in [-0.2, -0.15) is 0 Å². The molecule has 0 amide bonds. The van der Waals surface area contributed by atoms with E-state index in [1.807, 2.05) is 24.3 Å². The Labute approximate surface area is 98.3 Å². The summed E-state index contributed by atoms with van der Waals surface area (Å²) in [5.74, 6) is 0.950. The van der Waals surface area contributed by atoms with Gasteiger partial charge in [0.05, 0.1) is 7.11 Å². The zero-order valence-corrected chi connectivity index (χ0v) is 10.2. The Morgan fingerprint density at radius 1 is 1.44 bits per heavy atom. The summed E-state index contributed by atoms with van der Waals surface area (Å²) in [7, 11) is 1.71. The van der Waals surface area contributed by atoms with Crippen molar-refractivity contribution in [1.82, 2.24) is 5.32 Å². The molecule has 16 heavy (non-hydrogen) atoms. The Morgan fingerprint density at radius 3 is 2.88 bits per heavy atom. The summed E-state index contributed by atoms with van der Waals surface area (Å²) in [5.41, 5.74) is 1.21. The van der Waals surface area contributed by atoms with Gasteiger partial charge in [-0.3, -0.25) is 0 Å². The number of unbranched alkanes of at least 4 members (excludes halogenated alkanes) is 1. The lowest BCUT2D eigenvalue weighted by molar-refractivity contribution is 0.401. The van der Waals surface area contributed by atoms with E-state index in [9.17, 15) is 0 Å². The minimum absolute atomic E-state index is 0.320. The summed E-state index contributed by atoms with van der Waals surface area (Å²) < 4.78 is 5.34. The third kappa shape index (κ3) is 3.70. The molecule has 0 saturated carbocycles. The summed E-state index contributed by atoms with van der Waals surface area (Å²) in [6.07, 6.45) is 4.14. The van der Waals surface area contributed by atoms with Crippen LogP contribution in [0.2, 0.25) is 0 Å². The van der Waals surface area contributed by atoms with Crippen molar-refractivity contribution in [3.8, 4) is 5.75 Å². The van der Waals surface area contributed by atoms with Crippen LogP contribution < -0.4 is 10.1 Å². The average Bonchev–Trinajstić information content (AvgIpc) is 2.34. The van der Waals surface area contributed by atoms with E-state index in [0.717, 1.165) is 25.1 Å². The van der Waals surface area contributed by atoms with E-state index in [2.05, 4.69) is 24.9 Å². The number of nitrogens with one attached hydrogen (secondary N) is 1. The van der Waals surface area contributed by atoms with Crippen LogP contribution in [0.3, 0.4) is 0 Å². The van der Waals surface area contributed by atoms with E-state index in [4.69, 9.17) is 4.74 Å². The number of para-hydroxylation sites is 1. The molecule has 0 aliphatic rings. The Bertz CT molecular complexity index is 322. The highest BCUT2D eigenvalue weighted by Crippen LogP contribution is 2.24. The van der Waals surface area contributed by atoms with Gasteiger partial charge < -0.3 is 10.1 Å². The highest BCUT2D eigenvalue weighted by atomic mass is 16.5. The van der Waals surface area contributed by atoms with Gasteiger partial charge in [-0.25, -0.2) is 0 Å². The molecular weight excluding hydrogens is 198 g/mol. The second-order valence-electron chi connectivity index (χ2n) is 3.85. The first-order valence-corrected chi connectivity index (χ1v) is 5.76. The fraction of sp³-hybridized carbons (Fsp3) is 0.429. The fourth-order valence-electron chi connectivity index (χ4n) is 1.70. The molecule has 0 saturated heterocycles. The van der Waals surface area contributed by atoms with E-state index in [-0.39, 0.29) is 0 Å². The normalized spacial score (nSPS) is 12.1. The Morgan fingerprint density at radius 2 is 2.19 bits per heavy atom. The third-order valence-corrected chi connectivity index (χ3v) is 2.64. The van der Waals surface area contributed by atoms with Gasteiger partial charge in [0, 0.05) is 11.6 Å². The molecule has 2 heteroatoms. The topological polar surface area (TPSA) is 21.3 Å². The van der Waals surface area contributed by atoms with Crippen LogP contribution in [0, 0.1) is 0 Å². The molecule has 0 fully saturated rings. The molecule has 0 aromatic heterocycles. The first-order valence-electron chi connectivity index (χ1n) is 5.76. The lowest BCUT2D eigenvalue weighted by atomic mass is 10.1. The molecule has 1 N–H and O–H groups in total. The molecule has 1 aromatic carbocycles. The minimum Gasteiger partial charge on any atom is -0.496 e. The SMILES string of the molecule is C=CCCCN[C@@H](C)c1ccccc1OC. The van der Waals surface area contributed by atoms with Crippen molar-refractivity contribution in [3.05, 3.63) is 42.5 Å². The first kappa shape index (κ1) is 12.8. The van der Waals surface area contributed by atoms with E-state index < -0.39 is 0 Å². The number of ether oxygens (including phenoxy) is 1. The van der Waals surface area contributed by atoms with E-state index in [0.29, 0.717) is 6.04 Å². The van der Waals surface area contributed by atoms with E-state index in [1.54, 1.807) is 7.11 Å². The van der Waals surface area contributed by atoms with Gasteiger partial charge in [-0.1, -0.05) is 24.3 Å². The number of hydrogen-bond donors (Lipinski definition) is 1. The van der Waals surface area contributed by atoms with Crippen LogP contribution in [0.15, 0.2) is 36.9 Å². The molecule has 0 bridgehead atoms. The number of rotatable bonds is 7. The van der Waals surface area contributed by atoms with Crippen molar-refractivity contribution < 1.29 is 4.74 Å². The Kier molecular flexibility index (Phi) is 5.65. The average molecular weight is 219 g/mol. The predicted molar refractivity (Wildman–Crippen MR) is 68.8 cm³/mol. The van der Waals surface area contributed by atoms with Crippen LogP contribution in [0.5, 0.6) is 5.75 Å². The third-order valence-electron chi connectivity index (χ3n) is 2.64. The first-order chi connectivity index (χ1) is 7.79. The van der Waals surface area contributed by atoms with E-state index >= 15 is 0 Å². The molecule has 0 aliphatic carbocycles. The molecule has 1 atom stereocenters. The minimum atomic E-state index is 0.320. The molecule has 2 nitrogen and oxygen atoms in total. The Balaban J connectivity index is 2.51. The molecule has 0 unspecified atom stereocenters. The molecule has 0 heterocycles. The number of hydrogen-bond acceptors (Lipinski definition) is 2. The van der Waals surface area contributed by atoms with Crippen molar-refractivity contribution in [2.75, 3.05) is 13.7 Å². The van der Waals surface area contributed by atoms with Gasteiger partial charge in [0.25, 0.3) is 0 Å². The number of allylic oxidation sites excluding steroid dienone is 1. The van der Waals surface area contributed by atoms with Gasteiger partial charge in [0.2, 0.25) is 0 Å². The van der Waals surface area contributed by atoms with E-state index in [1.165, 1.54) is 5.56 Å². The molecule has 88 valence electrons. The van der Waals surface area contributed by atoms with Crippen LogP contribution in [0.25, 0.3) is 0 Å². The maximum Gasteiger partial charge on any atom is 0.123 e. The standard InChI is InChI=1S/C14H21NO/c1-4-5-8-11-15-12(2)13-9-6-7-10-14(13)16-3/h4,6-7,9-10,12,15H,1,5,8,11H2,2-3H3/t12-/m0/s1. The van der Waals surface area contributed by atoms with Gasteiger partial charge in [-0.05, 0) is 32.4 Å². The molecule has 0 radical (unpaired) electrons. The lowest BCUT2D eigenvalue weighted by Gasteiger charge is -2.16. The quantitative estimate of drug-likeness (QED) is 0.561. The van der Waals surface area contributed by atoms with Crippen molar-refractivity contribution in [2.45, 2.75) is 25.8 Å². The zero-order valence-electron chi connectivity index (χ0n) is 10.2. The molecule has 1 aromatic rings. The lowest BCUT2D eigenvalue weighted by Crippen LogP contribution is -2.20. The Hall–Kier alpha value is -1.28. The van der Waals surface area contributed by atoms with Gasteiger partial charge in [0.1, 0.15) is 5.75 Å². The zero-order chi connectivity index (χ0) is 11.8. The van der Waals surface area contributed by atoms with Gasteiger partial charge >= 0.3 is 0 Å². The van der Waals surface area contributed by atoms with Crippen molar-refractivity contribution in [1.29, 1.82) is 0 Å². The van der Waals surface area contributed by atoms with Crippen molar-refractivity contribution >= 4 is 0 Å². The van der Waals surface area contributed by atoms with Crippen LogP contribution in [0.4, 0.5) is 0 Å². The number of methoxy groups -OCH3 is 1. The van der Waals surface area contributed by atoms with Crippen LogP contribution >= 0.6 is 0 Å². The summed E-state index contributed by atoms with van der Waals surface area (Å²) >= 11 is 0. The maximum absolute atomic E-state index is 5.34. The summed E-state index contributed by atoms with van der Waals surface area (Å²) in [4.78, 5) is 0. The van der Waals surface area contributed by atoms with Crippen LogP contribution in [-0.2, 0) is 0 Å². The van der Waals surface area contributed by atoms with Crippen molar-refractivity contribution in [2.24, 2.45) is 0 Å². The maximum atomic E-state index is 5.34. The highest BCUT2D eigenvalue weighted by molar-refractivity contribution is 5.35. The predicted octanol–water partition coefficient (Wildman–Crippen LogP) is 3.31. The largest absolute Gasteiger partial charge is 0.496 e. The molecule has 0 aliphatic heterocycles. The molecular formula is C14H21NO. The molecule has 0 spiro atoms. The smallest absolute Gasteiger partial charge is 0.123 e. The second kappa shape index (κ2) is 7.07. The summed E-state index contributed by atoms with van der Waals surface area (Å²) in [6, 6.07) is 8.45. The summed E-state index contributed by atoms with van der Waals surface area (Å²) in [5, 5.41) is 3.48. The number of benzene rings is 1. The van der Waals surface area contributed by atoms with Gasteiger partial charge in [-0.15, -0.1) is 6.58 Å². The van der Waals surface area contributed by atoms with Gasteiger partial charge in [0.15, 0.2) is 0 Å². The monoisotopic (exact) mass is 219 g/mol. The van der Waals surface area contributed by atoms with Crippen LogP contribution in [-0.4, -0.2) is 13.7 Å². The fourth-order valence-corrected chi connectivity index (χ4v) is 1.70. The summed E-state index contributed by atoms with van der Waals surface area (Å²) in [6.45, 7) is 6.88. The van der Waals surface area contributed by atoms with Crippen molar-refractivity contribution in [3.63, 3.8) is 0 Å². The van der Waals surface area contributed by atoms with Crippen LogP contribution in [0.1, 0.15) is 31.4 Å². The molecule has 1 rings (SSSR count). The highest BCUT2D eigenvalue weighted by Gasteiger charge is 2.08. The second-order valence-corrected chi connectivity index (χ2v) is 3.85.